The van der Waals surface area contributed by atoms with Crippen molar-refractivity contribution in [1.29, 1.82) is 0 Å². The molecule has 4 heteroatoms. The van der Waals surface area contributed by atoms with Crippen LogP contribution in [0.5, 0.6) is 0 Å². The van der Waals surface area contributed by atoms with Gasteiger partial charge >= 0.3 is 5.76 Å². The van der Waals surface area contributed by atoms with Gasteiger partial charge in [0.1, 0.15) is 0 Å². The van der Waals surface area contributed by atoms with Crippen LogP contribution in [0, 0.1) is 6.92 Å². The highest BCUT2D eigenvalue weighted by atomic mass is 16.4. The van der Waals surface area contributed by atoms with Gasteiger partial charge in [-0.15, -0.1) is 0 Å². The van der Waals surface area contributed by atoms with E-state index in [-0.39, 0.29) is 5.76 Å². The third kappa shape index (κ3) is 1.24. The van der Waals surface area contributed by atoms with E-state index in [1.165, 1.54) is 0 Å². The van der Waals surface area contributed by atoms with Gasteiger partial charge in [0.25, 0.3) is 0 Å². The number of aromatic nitrogens is 1. The molecule has 0 aliphatic carbocycles. The first-order chi connectivity index (χ1) is 6.74. The second-order valence-corrected chi connectivity index (χ2v) is 3.23. The quantitative estimate of drug-likeness (QED) is 0.767. The van der Waals surface area contributed by atoms with E-state index in [2.05, 4.69) is 0 Å². The maximum absolute atomic E-state index is 11.4. The van der Waals surface area contributed by atoms with Crippen LogP contribution in [-0.2, 0) is 6.54 Å². The van der Waals surface area contributed by atoms with Gasteiger partial charge in [-0.25, -0.2) is 4.79 Å². The highest BCUT2D eigenvalue weighted by molar-refractivity contribution is 5.76. The lowest BCUT2D eigenvalue weighted by atomic mass is 10.2. The predicted molar refractivity (Wildman–Crippen MR) is 54.3 cm³/mol. The van der Waals surface area contributed by atoms with Gasteiger partial charge < -0.3 is 10.2 Å². The van der Waals surface area contributed by atoms with E-state index in [9.17, 15) is 4.79 Å². The van der Waals surface area contributed by atoms with Crippen molar-refractivity contribution in [2.45, 2.75) is 13.5 Å². The number of nitrogens with two attached hydrogens (primary N) is 1. The van der Waals surface area contributed by atoms with Crippen molar-refractivity contribution >= 4 is 11.1 Å². The van der Waals surface area contributed by atoms with Gasteiger partial charge in [-0.05, 0) is 18.6 Å². The van der Waals surface area contributed by atoms with Crippen LogP contribution in [-0.4, -0.2) is 11.1 Å². The van der Waals surface area contributed by atoms with Crippen molar-refractivity contribution in [3.05, 3.63) is 34.3 Å². The summed E-state index contributed by atoms with van der Waals surface area (Å²) in [6.45, 7) is 2.88. The van der Waals surface area contributed by atoms with Crippen molar-refractivity contribution in [1.82, 2.24) is 4.57 Å². The van der Waals surface area contributed by atoms with Gasteiger partial charge in [-0.2, -0.15) is 0 Å². The summed E-state index contributed by atoms with van der Waals surface area (Å²) < 4.78 is 6.66. The fraction of sp³-hybridized carbons (Fsp3) is 0.300. The average Bonchev–Trinajstić information content (AvgIpc) is 2.45. The Kier molecular flexibility index (Phi) is 2.13. The van der Waals surface area contributed by atoms with Gasteiger partial charge in [-0.3, -0.25) is 4.57 Å². The van der Waals surface area contributed by atoms with Crippen molar-refractivity contribution in [2.75, 3.05) is 6.54 Å². The average molecular weight is 192 g/mol. The van der Waals surface area contributed by atoms with Crippen LogP contribution in [0.3, 0.4) is 0 Å². The van der Waals surface area contributed by atoms with E-state index in [1.54, 1.807) is 10.6 Å². The topological polar surface area (TPSA) is 61.2 Å². The van der Waals surface area contributed by atoms with Crippen molar-refractivity contribution in [2.24, 2.45) is 5.73 Å². The summed E-state index contributed by atoms with van der Waals surface area (Å²) in [6, 6.07) is 5.61. The third-order valence-electron chi connectivity index (χ3n) is 2.24. The molecular weight excluding hydrogens is 180 g/mol. The molecule has 0 spiro atoms. The van der Waals surface area contributed by atoms with Crippen LogP contribution < -0.4 is 11.5 Å². The molecule has 1 aromatic heterocycles. The molecule has 1 heterocycles. The number of nitrogens with zero attached hydrogens (tertiary/aromatic N) is 1. The van der Waals surface area contributed by atoms with Crippen LogP contribution in [0.1, 0.15) is 5.56 Å². The maximum atomic E-state index is 11.4. The van der Waals surface area contributed by atoms with Crippen molar-refractivity contribution in [3.63, 3.8) is 0 Å². The molecule has 0 saturated carbocycles. The highest BCUT2D eigenvalue weighted by Crippen LogP contribution is 2.16. The number of hydrogen-bond acceptors (Lipinski definition) is 3. The summed E-state index contributed by atoms with van der Waals surface area (Å²) >= 11 is 0. The molecular formula is C10H12N2O2. The Hall–Kier alpha value is -1.55. The lowest BCUT2D eigenvalue weighted by Crippen LogP contribution is -2.19. The number of benzene rings is 1. The van der Waals surface area contributed by atoms with Crippen molar-refractivity contribution in [3.8, 4) is 0 Å². The number of hydrogen-bond donors (Lipinski definition) is 1. The second kappa shape index (κ2) is 3.31. The molecule has 0 unspecified atom stereocenters. The van der Waals surface area contributed by atoms with E-state index in [4.69, 9.17) is 10.2 Å². The minimum atomic E-state index is -0.334. The highest BCUT2D eigenvalue weighted by Gasteiger charge is 2.09. The molecule has 0 saturated heterocycles. The monoisotopic (exact) mass is 192 g/mol. The Balaban J connectivity index is 2.79. The van der Waals surface area contributed by atoms with Gasteiger partial charge in [0.2, 0.25) is 0 Å². The lowest BCUT2D eigenvalue weighted by molar-refractivity contribution is 0.507. The van der Waals surface area contributed by atoms with Gasteiger partial charge in [0.15, 0.2) is 5.58 Å². The summed E-state index contributed by atoms with van der Waals surface area (Å²) in [7, 11) is 0. The van der Waals surface area contributed by atoms with Gasteiger partial charge in [0.05, 0.1) is 5.52 Å². The lowest BCUT2D eigenvalue weighted by Gasteiger charge is -2.00. The number of aryl methyl sites for hydroxylation is 1. The Morgan fingerprint density at radius 3 is 3.00 bits per heavy atom. The second-order valence-electron chi connectivity index (χ2n) is 3.23. The zero-order chi connectivity index (χ0) is 10.1. The fourth-order valence-corrected chi connectivity index (χ4v) is 1.63. The fourth-order valence-electron chi connectivity index (χ4n) is 1.63. The summed E-state index contributed by atoms with van der Waals surface area (Å²) in [5.41, 5.74) is 7.94. The molecule has 0 aliphatic heterocycles. The molecule has 0 radical (unpaired) electrons. The number of fused-ring (bicyclic) bond motifs is 1. The first-order valence-corrected chi connectivity index (χ1v) is 4.53. The van der Waals surface area contributed by atoms with Crippen molar-refractivity contribution < 1.29 is 4.42 Å². The molecule has 2 rings (SSSR count). The minimum Gasteiger partial charge on any atom is -0.408 e. The van der Waals surface area contributed by atoms with Gasteiger partial charge in [0, 0.05) is 13.1 Å². The Morgan fingerprint density at radius 1 is 1.50 bits per heavy atom. The number of rotatable bonds is 2. The van der Waals surface area contributed by atoms with Crippen LogP contribution in [0.2, 0.25) is 0 Å². The molecule has 0 aliphatic rings. The molecule has 0 fully saturated rings. The third-order valence-corrected chi connectivity index (χ3v) is 2.24. The molecule has 4 nitrogen and oxygen atoms in total. The standard InChI is InChI=1S/C10H12N2O2/c1-7-3-2-4-8-9(7)12(6-5-11)10(13)14-8/h2-4H,5-6,11H2,1H3. The van der Waals surface area contributed by atoms with E-state index in [0.29, 0.717) is 18.7 Å². The van der Waals surface area contributed by atoms with Crippen LogP contribution in [0.4, 0.5) is 0 Å². The molecule has 0 atom stereocenters. The van der Waals surface area contributed by atoms with Crippen LogP contribution >= 0.6 is 0 Å². The number of oxazole rings is 1. The Morgan fingerprint density at radius 2 is 2.29 bits per heavy atom. The largest absolute Gasteiger partial charge is 0.420 e. The summed E-state index contributed by atoms with van der Waals surface area (Å²) in [5, 5.41) is 0. The maximum Gasteiger partial charge on any atom is 0.420 e. The Labute approximate surface area is 80.9 Å². The zero-order valence-corrected chi connectivity index (χ0v) is 7.99. The molecule has 0 amide bonds. The first kappa shape index (κ1) is 9.02. The summed E-state index contributed by atoms with van der Waals surface area (Å²) in [4.78, 5) is 11.4. The summed E-state index contributed by atoms with van der Waals surface area (Å²) in [6.07, 6.45) is 0. The van der Waals surface area contributed by atoms with E-state index >= 15 is 0 Å². The van der Waals surface area contributed by atoms with Crippen LogP contribution in [0.15, 0.2) is 27.4 Å². The molecule has 2 N–H and O–H groups in total. The molecule has 14 heavy (non-hydrogen) atoms. The molecule has 1 aromatic carbocycles. The molecule has 2 aromatic rings. The van der Waals surface area contributed by atoms with E-state index in [1.807, 2.05) is 19.1 Å². The smallest absolute Gasteiger partial charge is 0.408 e. The Bertz CT molecular complexity index is 510. The predicted octanol–water partition coefficient (Wildman–Crippen LogP) is 0.862. The summed E-state index contributed by atoms with van der Waals surface area (Å²) in [5.74, 6) is -0.334. The molecule has 74 valence electrons. The van der Waals surface area contributed by atoms with E-state index in [0.717, 1.165) is 11.1 Å². The van der Waals surface area contributed by atoms with E-state index < -0.39 is 0 Å². The SMILES string of the molecule is Cc1cccc2oc(=O)n(CCN)c12. The first-order valence-electron chi connectivity index (χ1n) is 4.53. The zero-order valence-electron chi connectivity index (χ0n) is 7.99. The molecule has 0 bridgehead atoms. The van der Waals surface area contributed by atoms with Gasteiger partial charge in [-0.1, -0.05) is 12.1 Å². The normalized spacial score (nSPS) is 11.0. The minimum absolute atomic E-state index is 0.334. The number of para-hydroxylation sites is 1. The van der Waals surface area contributed by atoms with Crippen LogP contribution in [0.25, 0.3) is 11.1 Å².